The summed E-state index contributed by atoms with van der Waals surface area (Å²) in [6, 6.07) is 8.73. The third-order valence-corrected chi connectivity index (χ3v) is 5.35. The minimum absolute atomic E-state index is 0.162. The van der Waals surface area contributed by atoms with Crippen LogP contribution in [0.1, 0.15) is 39.2 Å². The Hall–Kier alpha value is -1.92. The van der Waals surface area contributed by atoms with Crippen LogP contribution in [0.5, 0.6) is 0 Å². The van der Waals surface area contributed by atoms with Gasteiger partial charge >= 0.3 is 11.9 Å². The molecule has 0 radical (unpaired) electrons. The number of carbonyl (C=O) groups excluding carboxylic acids is 1. The zero-order valence-electron chi connectivity index (χ0n) is 15.7. The molecule has 0 amide bonds. The summed E-state index contributed by atoms with van der Waals surface area (Å²) in [5.41, 5.74) is -0.655. The largest absolute Gasteiger partial charge is 0.480 e. The van der Waals surface area contributed by atoms with E-state index in [4.69, 9.17) is 4.74 Å². The quantitative estimate of drug-likeness (QED) is 0.800. The number of piperidine rings is 1. The van der Waals surface area contributed by atoms with E-state index in [9.17, 15) is 14.7 Å². The number of fused-ring (bicyclic) bond motifs is 1. The number of ether oxygens (including phenoxy) is 1. The molecule has 0 bridgehead atoms. The van der Waals surface area contributed by atoms with Crippen LogP contribution in [-0.4, -0.2) is 52.7 Å². The average Bonchev–Trinajstić information content (AvgIpc) is 2.98. The fraction of sp³-hybridized carbons (Fsp3) is 0.600. The molecular weight excluding hydrogens is 332 g/mol. The summed E-state index contributed by atoms with van der Waals surface area (Å²) in [6.07, 6.45) is 1.21. The first-order chi connectivity index (χ1) is 12.2. The molecule has 2 aliphatic heterocycles. The van der Waals surface area contributed by atoms with E-state index >= 15 is 0 Å². The normalized spacial score (nSPS) is 29.2. The fourth-order valence-corrected chi connectivity index (χ4v) is 4.34. The number of likely N-dealkylation sites (tertiary alicyclic amines) is 1. The number of hydrogen-bond acceptors (Lipinski definition) is 5. The summed E-state index contributed by atoms with van der Waals surface area (Å²) in [4.78, 5) is 27.4. The molecule has 142 valence electrons. The predicted octanol–water partition coefficient (Wildman–Crippen LogP) is 2.04. The molecule has 26 heavy (non-hydrogen) atoms. The SMILES string of the molecule is CC(C)(C)OC(=O)[C@]12CCN[C@@H]1CCN(Cc1ccccc1)[C@@H]2C(=O)O. The number of esters is 1. The Morgan fingerprint density at radius 2 is 2.00 bits per heavy atom. The lowest BCUT2D eigenvalue weighted by Crippen LogP contribution is -2.65. The highest BCUT2D eigenvalue weighted by atomic mass is 16.6. The highest BCUT2D eigenvalue weighted by Crippen LogP contribution is 2.45. The summed E-state index contributed by atoms with van der Waals surface area (Å²) < 4.78 is 5.69. The van der Waals surface area contributed by atoms with Gasteiger partial charge in [-0.05, 0) is 45.7 Å². The molecule has 6 heteroatoms. The Morgan fingerprint density at radius 3 is 2.62 bits per heavy atom. The van der Waals surface area contributed by atoms with Crippen LogP contribution in [0.2, 0.25) is 0 Å². The first-order valence-corrected chi connectivity index (χ1v) is 9.22. The average molecular weight is 360 g/mol. The summed E-state index contributed by atoms with van der Waals surface area (Å²) in [5, 5.41) is 13.4. The van der Waals surface area contributed by atoms with Gasteiger partial charge in [0.1, 0.15) is 17.1 Å². The second-order valence-electron chi connectivity index (χ2n) is 8.28. The van der Waals surface area contributed by atoms with Crippen molar-refractivity contribution in [3.63, 3.8) is 0 Å². The van der Waals surface area contributed by atoms with Gasteiger partial charge in [-0.2, -0.15) is 0 Å². The van der Waals surface area contributed by atoms with Crippen molar-refractivity contribution in [2.24, 2.45) is 5.41 Å². The van der Waals surface area contributed by atoms with Crippen molar-refractivity contribution in [1.82, 2.24) is 10.2 Å². The third-order valence-electron chi connectivity index (χ3n) is 5.35. The summed E-state index contributed by atoms with van der Waals surface area (Å²) in [5.74, 6) is -1.36. The number of carboxylic acids is 1. The van der Waals surface area contributed by atoms with E-state index in [1.807, 2.05) is 56.0 Å². The van der Waals surface area contributed by atoms with Crippen LogP contribution < -0.4 is 5.32 Å². The molecule has 0 aromatic heterocycles. The van der Waals surface area contributed by atoms with E-state index in [1.54, 1.807) is 0 Å². The first-order valence-electron chi connectivity index (χ1n) is 9.22. The molecule has 1 aromatic carbocycles. The van der Waals surface area contributed by atoms with Crippen LogP contribution in [0, 0.1) is 5.41 Å². The highest BCUT2D eigenvalue weighted by molar-refractivity contribution is 5.88. The zero-order valence-corrected chi connectivity index (χ0v) is 15.7. The first kappa shape index (κ1) is 18.9. The van der Waals surface area contributed by atoms with E-state index < -0.39 is 29.0 Å². The molecule has 2 N–H and O–H groups in total. The van der Waals surface area contributed by atoms with E-state index in [1.165, 1.54) is 0 Å². The van der Waals surface area contributed by atoms with Crippen molar-refractivity contribution >= 4 is 11.9 Å². The van der Waals surface area contributed by atoms with Crippen molar-refractivity contribution in [2.75, 3.05) is 13.1 Å². The maximum atomic E-state index is 13.2. The predicted molar refractivity (Wildman–Crippen MR) is 97.6 cm³/mol. The molecule has 6 nitrogen and oxygen atoms in total. The Kier molecular flexibility index (Phi) is 5.08. The molecule has 0 saturated carbocycles. The molecule has 1 aromatic rings. The van der Waals surface area contributed by atoms with E-state index in [0.29, 0.717) is 26.1 Å². The van der Waals surface area contributed by atoms with Gasteiger partial charge in [-0.15, -0.1) is 0 Å². The van der Waals surface area contributed by atoms with Gasteiger partial charge in [0, 0.05) is 19.1 Å². The number of benzene rings is 1. The third kappa shape index (κ3) is 3.48. The van der Waals surface area contributed by atoms with E-state index in [2.05, 4.69) is 5.32 Å². The number of rotatable bonds is 4. The Morgan fingerprint density at radius 1 is 1.31 bits per heavy atom. The molecule has 0 unspecified atom stereocenters. The maximum Gasteiger partial charge on any atom is 0.322 e. The summed E-state index contributed by atoms with van der Waals surface area (Å²) in [7, 11) is 0. The Bertz CT molecular complexity index is 670. The van der Waals surface area contributed by atoms with Crippen LogP contribution in [-0.2, 0) is 20.9 Å². The lowest BCUT2D eigenvalue weighted by Gasteiger charge is -2.48. The van der Waals surface area contributed by atoms with Gasteiger partial charge in [0.2, 0.25) is 0 Å². The lowest BCUT2D eigenvalue weighted by atomic mass is 9.69. The lowest BCUT2D eigenvalue weighted by molar-refractivity contribution is -0.183. The molecule has 2 heterocycles. The van der Waals surface area contributed by atoms with Crippen molar-refractivity contribution in [3.05, 3.63) is 35.9 Å². The van der Waals surface area contributed by atoms with Gasteiger partial charge in [-0.1, -0.05) is 30.3 Å². The topological polar surface area (TPSA) is 78.9 Å². The molecule has 3 rings (SSSR count). The van der Waals surface area contributed by atoms with Crippen LogP contribution in [0.15, 0.2) is 30.3 Å². The van der Waals surface area contributed by atoms with E-state index in [0.717, 1.165) is 12.0 Å². The van der Waals surface area contributed by atoms with Gasteiger partial charge in [-0.3, -0.25) is 14.5 Å². The number of carbonyl (C=O) groups is 2. The smallest absolute Gasteiger partial charge is 0.322 e. The van der Waals surface area contributed by atoms with Crippen LogP contribution in [0.3, 0.4) is 0 Å². The maximum absolute atomic E-state index is 13.2. The van der Waals surface area contributed by atoms with Gasteiger partial charge in [0.05, 0.1) is 0 Å². The van der Waals surface area contributed by atoms with Gasteiger partial charge < -0.3 is 15.2 Å². The van der Waals surface area contributed by atoms with Gasteiger partial charge in [-0.25, -0.2) is 0 Å². The summed E-state index contributed by atoms with van der Waals surface area (Å²) >= 11 is 0. The minimum atomic E-state index is -1.05. The number of nitrogens with zero attached hydrogens (tertiary/aromatic N) is 1. The van der Waals surface area contributed by atoms with E-state index in [-0.39, 0.29) is 6.04 Å². The fourth-order valence-electron chi connectivity index (χ4n) is 4.34. The molecular formula is C20H28N2O4. The number of carboxylic acid groups (broad SMARTS) is 1. The molecule has 2 saturated heterocycles. The number of nitrogens with one attached hydrogen (secondary N) is 1. The van der Waals surface area contributed by atoms with Crippen LogP contribution in [0.25, 0.3) is 0 Å². The molecule has 0 aliphatic carbocycles. The number of hydrogen-bond donors (Lipinski definition) is 2. The second kappa shape index (κ2) is 7.00. The number of aliphatic carboxylic acids is 1. The van der Waals surface area contributed by atoms with Gasteiger partial charge in [0.15, 0.2) is 0 Å². The molecule has 2 fully saturated rings. The molecule has 0 spiro atoms. The monoisotopic (exact) mass is 360 g/mol. The highest BCUT2D eigenvalue weighted by Gasteiger charge is 2.62. The zero-order chi connectivity index (χ0) is 18.9. The second-order valence-corrected chi connectivity index (χ2v) is 8.28. The summed E-state index contributed by atoms with van der Waals surface area (Å²) in [6.45, 7) is 7.23. The van der Waals surface area contributed by atoms with Crippen molar-refractivity contribution < 1.29 is 19.4 Å². The van der Waals surface area contributed by atoms with Crippen molar-refractivity contribution in [1.29, 1.82) is 0 Å². The Balaban J connectivity index is 1.95. The van der Waals surface area contributed by atoms with Gasteiger partial charge in [0.25, 0.3) is 0 Å². The van der Waals surface area contributed by atoms with Crippen LogP contribution >= 0.6 is 0 Å². The van der Waals surface area contributed by atoms with Crippen molar-refractivity contribution in [3.8, 4) is 0 Å². The Labute approximate surface area is 154 Å². The minimum Gasteiger partial charge on any atom is -0.480 e. The van der Waals surface area contributed by atoms with Crippen LogP contribution in [0.4, 0.5) is 0 Å². The molecule has 3 atom stereocenters. The van der Waals surface area contributed by atoms with Crippen molar-refractivity contribution in [2.45, 2.75) is 57.8 Å². The molecule has 2 aliphatic rings. The standard InChI is InChI=1S/C20H28N2O4/c1-19(2,3)26-18(25)20-10-11-21-15(20)9-12-22(16(20)17(23)24)13-14-7-5-4-6-8-14/h4-8,15-16,21H,9-13H2,1-3H3,(H,23,24)/t15-,16-,20-/m1/s1.